The lowest BCUT2D eigenvalue weighted by atomic mass is 9.85. The standard InChI is InChI=1S/C14H24BrNO/c1-13(6-2-3-7-13)12(17)16-11-14(10-15)8-4-5-9-14/h2-11H2,1H3,(H,16,17). The average Bonchev–Trinajstić information content (AvgIpc) is 2.96. The predicted octanol–water partition coefficient (Wildman–Crippen LogP) is 3.64. The van der Waals surface area contributed by atoms with Crippen LogP contribution in [0.15, 0.2) is 0 Å². The number of rotatable bonds is 4. The topological polar surface area (TPSA) is 29.1 Å². The Bertz CT molecular complexity index is 278. The first-order valence-electron chi connectivity index (χ1n) is 6.95. The van der Waals surface area contributed by atoms with E-state index < -0.39 is 0 Å². The Morgan fingerprint density at radius 1 is 1.12 bits per heavy atom. The molecule has 0 spiro atoms. The van der Waals surface area contributed by atoms with Gasteiger partial charge >= 0.3 is 0 Å². The molecule has 3 heteroatoms. The molecular weight excluding hydrogens is 278 g/mol. The van der Waals surface area contributed by atoms with Crippen molar-refractivity contribution < 1.29 is 4.79 Å². The van der Waals surface area contributed by atoms with E-state index in [1.54, 1.807) is 0 Å². The maximum Gasteiger partial charge on any atom is 0.225 e. The van der Waals surface area contributed by atoms with Crippen LogP contribution in [0.25, 0.3) is 0 Å². The Kier molecular flexibility index (Phi) is 4.17. The molecule has 1 amide bonds. The minimum absolute atomic E-state index is 0.0773. The highest BCUT2D eigenvalue weighted by molar-refractivity contribution is 9.09. The molecule has 1 N–H and O–H groups in total. The zero-order chi connectivity index (χ0) is 12.4. The van der Waals surface area contributed by atoms with Crippen LogP contribution in [0, 0.1) is 10.8 Å². The van der Waals surface area contributed by atoms with Gasteiger partial charge in [-0.2, -0.15) is 0 Å². The summed E-state index contributed by atoms with van der Waals surface area (Å²) in [6.45, 7) is 3.00. The highest BCUT2D eigenvalue weighted by Gasteiger charge is 2.38. The van der Waals surface area contributed by atoms with Gasteiger partial charge in [0.05, 0.1) is 0 Å². The van der Waals surface area contributed by atoms with E-state index in [0.717, 1.165) is 24.7 Å². The molecule has 0 bridgehead atoms. The Hall–Kier alpha value is -0.0500. The third kappa shape index (κ3) is 2.86. The van der Waals surface area contributed by atoms with Crippen molar-refractivity contribution in [2.45, 2.75) is 58.3 Å². The molecular formula is C14H24BrNO. The summed E-state index contributed by atoms with van der Waals surface area (Å²) in [5.41, 5.74) is 0.261. The Morgan fingerprint density at radius 2 is 1.65 bits per heavy atom. The summed E-state index contributed by atoms with van der Waals surface area (Å²) in [7, 11) is 0. The minimum Gasteiger partial charge on any atom is -0.355 e. The van der Waals surface area contributed by atoms with Gasteiger partial charge in [-0.3, -0.25) is 4.79 Å². The fourth-order valence-corrected chi connectivity index (χ4v) is 4.11. The lowest BCUT2D eigenvalue weighted by Crippen LogP contribution is -2.43. The summed E-state index contributed by atoms with van der Waals surface area (Å²) in [6.07, 6.45) is 9.73. The summed E-state index contributed by atoms with van der Waals surface area (Å²) < 4.78 is 0. The summed E-state index contributed by atoms with van der Waals surface area (Å²) in [5.74, 6) is 0.294. The second-order valence-corrected chi connectivity index (χ2v) is 6.85. The Morgan fingerprint density at radius 3 is 2.18 bits per heavy atom. The zero-order valence-corrected chi connectivity index (χ0v) is 12.4. The molecule has 2 rings (SSSR count). The lowest BCUT2D eigenvalue weighted by Gasteiger charge is -2.30. The summed E-state index contributed by atoms with van der Waals surface area (Å²) in [5, 5.41) is 4.25. The van der Waals surface area contributed by atoms with E-state index in [1.165, 1.54) is 38.5 Å². The largest absolute Gasteiger partial charge is 0.355 e. The van der Waals surface area contributed by atoms with Gasteiger partial charge in [0.25, 0.3) is 0 Å². The summed E-state index contributed by atoms with van der Waals surface area (Å²) >= 11 is 3.63. The van der Waals surface area contributed by atoms with Gasteiger partial charge in [0, 0.05) is 17.3 Å². The second kappa shape index (κ2) is 5.29. The Balaban J connectivity index is 1.87. The van der Waals surface area contributed by atoms with Crippen LogP contribution in [0.1, 0.15) is 58.3 Å². The number of amides is 1. The van der Waals surface area contributed by atoms with E-state index in [0.29, 0.717) is 11.3 Å². The number of hydrogen-bond acceptors (Lipinski definition) is 1. The second-order valence-electron chi connectivity index (χ2n) is 6.29. The molecule has 0 saturated heterocycles. The quantitative estimate of drug-likeness (QED) is 0.789. The third-order valence-electron chi connectivity index (χ3n) is 4.83. The SMILES string of the molecule is CC1(C(=O)NCC2(CBr)CCCC2)CCCC1. The number of halogens is 1. The van der Waals surface area contributed by atoms with E-state index in [2.05, 4.69) is 28.2 Å². The van der Waals surface area contributed by atoms with Crippen molar-refractivity contribution in [1.29, 1.82) is 0 Å². The molecule has 2 aliphatic rings. The van der Waals surface area contributed by atoms with Gasteiger partial charge in [-0.05, 0) is 31.1 Å². The maximum absolute atomic E-state index is 12.3. The van der Waals surface area contributed by atoms with E-state index in [4.69, 9.17) is 0 Å². The van der Waals surface area contributed by atoms with Crippen LogP contribution in [0.4, 0.5) is 0 Å². The molecule has 0 aliphatic heterocycles. The smallest absolute Gasteiger partial charge is 0.225 e. The van der Waals surface area contributed by atoms with Crippen molar-refractivity contribution in [2.75, 3.05) is 11.9 Å². The molecule has 0 heterocycles. The van der Waals surface area contributed by atoms with Gasteiger partial charge < -0.3 is 5.32 Å². The zero-order valence-electron chi connectivity index (χ0n) is 10.9. The normalized spacial score (nSPS) is 26.0. The molecule has 98 valence electrons. The summed E-state index contributed by atoms with van der Waals surface area (Å²) in [4.78, 5) is 12.3. The number of alkyl halides is 1. The van der Waals surface area contributed by atoms with Gasteiger partial charge in [0.15, 0.2) is 0 Å². The van der Waals surface area contributed by atoms with E-state index in [1.807, 2.05) is 0 Å². The van der Waals surface area contributed by atoms with Gasteiger partial charge in [-0.15, -0.1) is 0 Å². The molecule has 2 aliphatic carbocycles. The molecule has 0 radical (unpaired) electrons. The molecule has 2 saturated carbocycles. The predicted molar refractivity (Wildman–Crippen MR) is 74.3 cm³/mol. The highest BCUT2D eigenvalue weighted by atomic mass is 79.9. The first-order chi connectivity index (χ1) is 8.10. The van der Waals surface area contributed by atoms with Crippen LogP contribution < -0.4 is 5.32 Å². The van der Waals surface area contributed by atoms with Crippen LogP contribution in [-0.4, -0.2) is 17.8 Å². The van der Waals surface area contributed by atoms with Gasteiger partial charge in [0.1, 0.15) is 0 Å². The first kappa shape index (κ1) is 13.4. The molecule has 0 unspecified atom stereocenters. The van der Waals surface area contributed by atoms with Crippen LogP contribution in [-0.2, 0) is 4.79 Å². The maximum atomic E-state index is 12.3. The monoisotopic (exact) mass is 301 g/mol. The van der Waals surface area contributed by atoms with Crippen molar-refractivity contribution >= 4 is 21.8 Å². The fourth-order valence-electron chi connectivity index (χ4n) is 3.35. The molecule has 2 fully saturated rings. The van der Waals surface area contributed by atoms with E-state index in [9.17, 15) is 4.79 Å². The first-order valence-corrected chi connectivity index (χ1v) is 8.07. The van der Waals surface area contributed by atoms with Crippen molar-refractivity contribution in [2.24, 2.45) is 10.8 Å². The van der Waals surface area contributed by atoms with Crippen LogP contribution >= 0.6 is 15.9 Å². The van der Waals surface area contributed by atoms with E-state index >= 15 is 0 Å². The average molecular weight is 302 g/mol. The fraction of sp³-hybridized carbons (Fsp3) is 0.929. The van der Waals surface area contributed by atoms with Crippen LogP contribution in [0.5, 0.6) is 0 Å². The number of nitrogens with one attached hydrogen (secondary N) is 1. The third-order valence-corrected chi connectivity index (χ3v) is 6.02. The molecule has 17 heavy (non-hydrogen) atoms. The number of carbonyl (C=O) groups excluding carboxylic acids is 1. The molecule has 0 aromatic rings. The highest BCUT2D eigenvalue weighted by Crippen LogP contribution is 2.40. The van der Waals surface area contributed by atoms with Gasteiger partial charge in [0.2, 0.25) is 5.91 Å². The summed E-state index contributed by atoms with van der Waals surface area (Å²) in [6, 6.07) is 0. The molecule has 0 aromatic carbocycles. The molecule has 0 aromatic heterocycles. The van der Waals surface area contributed by atoms with Gasteiger partial charge in [-0.25, -0.2) is 0 Å². The molecule has 0 atom stereocenters. The van der Waals surface area contributed by atoms with Crippen molar-refractivity contribution in [3.05, 3.63) is 0 Å². The Labute approximate surface area is 113 Å². The van der Waals surface area contributed by atoms with Crippen molar-refractivity contribution in [3.8, 4) is 0 Å². The van der Waals surface area contributed by atoms with E-state index in [-0.39, 0.29) is 5.41 Å². The lowest BCUT2D eigenvalue weighted by molar-refractivity contribution is -0.130. The number of hydrogen-bond donors (Lipinski definition) is 1. The van der Waals surface area contributed by atoms with Gasteiger partial charge in [-0.1, -0.05) is 48.5 Å². The minimum atomic E-state index is -0.0773. The molecule has 2 nitrogen and oxygen atoms in total. The van der Waals surface area contributed by atoms with Crippen LogP contribution in [0.2, 0.25) is 0 Å². The van der Waals surface area contributed by atoms with Crippen molar-refractivity contribution in [3.63, 3.8) is 0 Å². The number of carbonyl (C=O) groups is 1. The van der Waals surface area contributed by atoms with Crippen LogP contribution in [0.3, 0.4) is 0 Å². The van der Waals surface area contributed by atoms with Crippen molar-refractivity contribution in [1.82, 2.24) is 5.32 Å².